The van der Waals surface area contributed by atoms with Gasteiger partial charge >= 0.3 is 0 Å². The average Bonchev–Trinajstić information content (AvgIpc) is 3.02. The molecule has 1 aromatic carbocycles. The molecule has 0 saturated carbocycles. The van der Waals surface area contributed by atoms with Crippen LogP contribution in [-0.4, -0.2) is 36.5 Å². The van der Waals surface area contributed by atoms with Crippen LogP contribution in [0, 0.1) is 30.3 Å². The minimum atomic E-state index is -1.08. The van der Waals surface area contributed by atoms with Crippen molar-refractivity contribution >= 4 is 0 Å². The van der Waals surface area contributed by atoms with Gasteiger partial charge in [-0.15, -0.1) is 0 Å². The molecule has 1 saturated heterocycles. The molecule has 0 aliphatic carbocycles. The molecule has 26 heavy (non-hydrogen) atoms. The topological polar surface area (TPSA) is 19.6 Å². The third-order valence-electron chi connectivity index (χ3n) is 5.02. The molecule has 0 atom stereocenters. The van der Waals surface area contributed by atoms with Crippen molar-refractivity contribution in [2.24, 2.45) is 5.92 Å². The number of hydrogen-bond acceptors (Lipinski definition) is 3. The highest BCUT2D eigenvalue weighted by Crippen LogP contribution is 2.22. The smallest absolute Gasteiger partial charge is 0.166 e. The van der Waals surface area contributed by atoms with Crippen LogP contribution >= 0.6 is 0 Å². The summed E-state index contributed by atoms with van der Waals surface area (Å²) in [5.41, 5.74) is -0.196. The molecule has 3 nitrogen and oxygen atoms in total. The van der Waals surface area contributed by atoms with Gasteiger partial charge in [-0.1, -0.05) is 0 Å². The molecule has 2 heterocycles. The molecule has 0 unspecified atom stereocenters. The Labute approximate surface area is 152 Å². The molecular formula is C20H25F3N2O. The van der Waals surface area contributed by atoms with Gasteiger partial charge in [0.2, 0.25) is 0 Å². The number of halogens is 3. The van der Waals surface area contributed by atoms with Gasteiger partial charge in [-0.3, -0.25) is 4.90 Å². The number of piperidine rings is 1. The molecule has 1 fully saturated rings. The second kappa shape index (κ2) is 8.27. The number of likely N-dealkylation sites (tertiary alicyclic amines) is 1. The lowest BCUT2D eigenvalue weighted by Gasteiger charge is -2.33. The highest BCUT2D eigenvalue weighted by atomic mass is 19.2. The predicted octanol–water partition coefficient (Wildman–Crippen LogP) is 4.35. The second-order valence-electron chi connectivity index (χ2n) is 7.25. The van der Waals surface area contributed by atoms with E-state index in [4.69, 9.17) is 4.42 Å². The van der Waals surface area contributed by atoms with Crippen LogP contribution in [0.15, 0.2) is 28.7 Å². The van der Waals surface area contributed by atoms with Gasteiger partial charge in [-0.05, 0) is 70.1 Å². The number of hydrogen-bond donors (Lipinski definition) is 0. The average molecular weight is 366 g/mol. The Morgan fingerprint density at radius 3 is 2.42 bits per heavy atom. The first-order chi connectivity index (χ1) is 12.4. The van der Waals surface area contributed by atoms with Crippen LogP contribution in [-0.2, 0) is 13.1 Å². The largest absolute Gasteiger partial charge is 0.465 e. The van der Waals surface area contributed by atoms with E-state index in [1.807, 2.05) is 31.0 Å². The van der Waals surface area contributed by atoms with E-state index in [0.29, 0.717) is 5.92 Å². The third kappa shape index (κ3) is 4.68. The van der Waals surface area contributed by atoms with E-state index >= 15 is 0 Å². The summed E-state index contributed by atoms with van der Waals surface area (Å²) < 4.78 is 46.5. The molecule has 0 amide bonds. The van der Waals surface area contributed by atoms with Crippen LogP contribution in [0.3, 0.4) is 0 Å². The standard InChI is InChI=1S/C20H25F3N2O/c1-14-3-4-16(26-14)12-25-9-7-15(8-10-25)11-24(2)13-17-18(21)5-6-19(22)20(17)23/h3-6,15H,7-13H2,1-2H3. The minimum Gasteiger partial charge on any atom is -0.465 e. The van der Waals surface area contributed by atoms with E-state index in [-0.39, 0.29) is 12.1 Å². The molecule has 0 bridgehead atoms. The lowest BCUT2D eigenvalue weighted by molar-refractivity contribution is 0.139. The molecule has 3 rings (SSSR count). The number of furan rings is 1. The molecule has 0 radical (unpaired) electrons. The highest BCUT2D eigenvalue weighted by Gasteiger charge is 2.22. The maximum atomic E-state index is 13.8. The van der Waals surface area contributed by atoms with Crippen LogP contribution in [0.4, 0.5) is 13.2 Å². The van der Waals surface area contributed by atoms with Crippen molar-refractivity contribution in [1.29, 1.82) is 0 Å². The number of rotatable bonds is 6. The van der Waals surface area contributed by atoms with Crippen molar-refractivity contribution in [1.82, 2.24) is 9.80 Å². The molecule has 6 heteroatoms. The Bertz CT molecular complexity index is 739. The highest BCUT2D eigenvalue weighted by molar-refractivity contribution is 5.21. The summed E-state index contributed by atoms with van der Waals surface area (Å²) in [7, 11) is 1.82. The van der Waals surface area contributed by atoms with Crippen LogP contribution in [0.25, 0.3) is 0 Å². The first kappa shape index (κ1) is 19.0. The normalized spacial score (nSPS) is 16.5. The molecule has 2 aromatic rings. The second-order valence-corrected chi connectivity index (χ2v) is 7.25. The fourth-order valence-electron chi connectivity index (χ4n) is 3.61. The van der Waals surface area contributed by atoms with Gasteiger partial charge in [-0.25, -0.2) is 13.2 Å². The predicted molar refractivity (Wildman–Crippen MR) is 94.1 cm³/mol. The fourth-order valence-corrected chi connectivity index (χ4v) is 3.61. The van der Waals surface area contributed by atoms with Gasteiger partial charge in [0.05, 0.1) is 6.54 Å². The summed E-state index contributed by atoms with van der Waals surface area (Å²) in [5, 5.41) is 0. The zero-order chi connectivity index (χ0) is 18.7. The summed E-state index contributed by atoms with van der Waals surface area (Å²) in [4.78, 5) is 4.23. The number of benzene rings is 1. The van der Waals surface area contributed by atoms with Crippen molar-refractivity contribution in [3.8, 4) is 0 Å². The molecule has 0 N–H and O–H groups in total. The van der Waals surface area contributed by atoms with E-state index in [2.05, 4.69) is 4.90 Å². The Morgan fingerprint density at radius 1 is 1.08 bits per heavy atom. The van der Waals surface area contributed by atoms with Crippen molar-refractivity contribution in [3.63, 3.8) is 0 Å². The minimum absolute atomic E-state index is 0.0707. The van der Waals surface area contributed by atoms with Gasteiger partial charge in [0.1, 0.15) is 17.3 Å². The lowest BCUT2D eigenvalue weighted by atomic mass is 9.96. The van der Waals surface area contributed by atoms with E-state index in [1.54, 1.807) is 0 Å². The van der Waals surface area contributed by atoms with Crippen molar-refractivity contribution < 1.29 is 17.6 Å². The van der Waals surface area contributed by atoms with Gasteiger partial charge in [0.15, 0.2) is 11.6 Å². The molecule has 1 aliphatic rings. The fraction of sp³-hybridized carbons (Fsp3) is 0.500. The summed E-state index contributed by atoms with van der Waals surface area (Å²) >= 11 is 0. The zero-order valence-electron chi connectivity index (χ0n) is 15.3. The maximum absolute atomic E-state index is 13.8. The van der Waals surface area contributed by atoms with Gasteiger partial charge in [0.25, 0.3) is 0 Å². The molecule has 1 aromatic heterocycles. The van der Waals surface area contributed by atoms with Gasteiger partial charge in [-0.2, -0.15) is 0 Å². The summed E-state index contributed by atoms with van der Waals surface area (Å²) in [6.45, 7) is 5.51. The number of nitrogens with zero attached hydrogens (tertiary/aromatic N) is 2. The SMILES string of the molecule is Cc1ccc(CN2CCC(CN(C)Cc3c(F)ccc(F)c3F)CC2)o1. The third-order valence-corrected chi connectivity index (χ3v) is 5.02. The molecule has 0 spiro atoms. The Kier molecular flexibility index (Phi) is 6.04. The van der Waals surface area contributed by atoms with Crippen molar-refractivity contribution in [2.75, 3.05) is 26.7 Å². The van der Waals surface area contributed by atoms with E-state index < -0.39 is 17.5 Å². The summed E-state index contributed by atoms with van der Waals surface area (Å²) in [6, 6.07) is 5.79. The van der Waals surface area contributed by atoms with Crippen LogP contribution < -0.4 is 0 Å². The van der Waals surface area contributed by atoms with Crippen LogP contribution in [0.1, 0.15) is 29.9 Å². The lowest BCUT2D eigenvalue weighted by Crippen LogP contribution is -2.37. The summed E-state index contributed by atoms with van der Waals surface area (Å²) in [6.07, 6.45) is 2.05. The quantitative estimate of drug-likeness (QED) is 0.709. The Balaban J connectivity index is 1.48. The molecule has 1 aliphatic heterocycles. The Hall–Kier alpha value is -1.79. The van der Waals surface area contributed by atoms with E-state index in [0.717, 1.165) is 62.7 Å². The van der Waals surface area contributed by atoms with Crippen molar-refractivity contribution in [2.45, 2.75) is 32.9 Å². The van der Waals surface area contributed by atoms with Crippen molar-refractivity contribution in [3.05, 3.63) is 58.8 Å². The van der Waals surface area contributed by atoms with E-state index in [1.165, 1.54) is 0 Å². The molecule has 142 valence electrons. The molecular weight excluding hydrogens is 341 g/mol. The summed E-state index contributed by atoms with van der Waals surface area (Å²) in [5.74, 6) is -0.409. The number of aryl methyl sites for hydroxylation is 1. The first-order valence-electron chi connectivity index (χ1n) is 9.01. The first-order valence-corrected chi connectivity index (χ1v) is 9.01. The van der Waals surface area contributed by atoms with Gasteiger partial charge in [0, 0.05) is 18.7 Å². The van der Waals surface area contributed by atoms with Crippen LogP contribution in [0.5, 0.6) is 0 Å². The van der Waals surface area contributed by atoms with E-state index in [9.17, 15) is 13.2 Å². The zero-order valence-corrected chi connectivity index (χ0v) is 15.3. The van der Waals surface area contributed by atoms with Crippen LogP contribution in [0.2, 0.25) is 0 Å². The maximum Gasteiger partial charge on any atom is 0.166 e. The Morgan fingerprint density at radius 2 is 1.77 bits per heavy atom. The van der Waals surface area contributed by atoms with Gasteiger partial charge < -0.3 is 9.32 Å². The monoisotopic (exact) mass is 366 g/mol.